The molecule has 0 aliphatic rings. The zero-order valence-electron chi connectivity index (χ0n) is 10.2. The van der Waals surface area contributed by atoms with E-state index in [9.17, 15) is 4.79 Å². The third-order valence-electron chi connectivity index (χ3n) is 2.54. The molecule has 5 heteroatoms. The van der Waals surface area contributed by atoms with E-state index in [1.165, 1.54) is 0 Å². The summed E-state index contributed by atoms with van der Waals surface area (Å²) in [7, 11) is 0. The molecule has 0 radical (unpaired) electrons. The van der Waals surface area contributed by atoms with Crippen LogP contribution in [0.4, 0.5) is 11.4 Å². The number of nitrogens with two attached hydrogens (primary N) is 1. The molecule has 0 aromatic heterocycles. The molecule has 0 atom stereocenters. The van der Waals surface area contributed by atoms with Gasteiger partial charge >= 0.3 is 0 Å². The summed E-state index contributed by atoms with van der Waals surface area (Å²) in [5.41, 5.74) is 8.44. The van der Waals surface area contributed by atoms with E-state index in [0.717, 1.165) is 10.0 Å². The molecule has 0 aliphatic heterocycles. The summed E-state index contributed by atoms with van der Waals surface area (Å²) in [6.07, 6.45) is 0. The van der Waals surface area contributed by atoms with E-state index < -0.39 is 0 Å². The standard InChI is InChI=1S/C14H12BrClN2O/c1-8-4-9(6-11(17)5-8)14(19)18-13-3-2-10(16)7-12(13)15/h2-7H,17H2,1H3,(H,18,19). The molecule has 0 fully saturated rings. The smallest absolute Gasteiger partial charge is 0.255 e. The molecule has 0 heterocycles. The summed E-state index contributed by atoms with van der Waals surface area (Å²) < 4.78 is 0.731. The summed E-state index contributed by atoms with van der Waals surface area (Å²) in [5, 5.41) is 3.41. The molecule has 0 saturated carbocycles. The van der Waals surface area contributed by atoms with Gasteiger partial charge in [0.1, 0.15) is 0 Å². The summed E-state index contributed by atoms with van der Waals surface area (Å²) in [6.45, 7) is 1.89. The molecule has 98 valence electrons. The highest BCUT2D eigenvalue weighted by molar-refractivity contribution is 9.10. The highest BCUT2D eigenvalue weighted by atomic mass is 79.9. The van der Waals surface area contributed by atoms with Crippen molar-refractivity contribution in [1.29, 1.82) is 0 Å². The number of hydrogen-bond donors (Lipinski definition) is 2. The Balaban J connectivity index is 2.25. The molecule has 0 bridgehead atoms. The van der Waals surface area contributed by atoms with Crippen LogP contribution in [0.25, 0.3) is 0 Å². The Morgan fingerprint density at radius 2 is 2.00 bits per heavy atom. The van der Waals surface area contributed by atoms with Gasteiger partial charge in [0, 0.05) is 20.7 Å². The number of amides is 1. The van der Waals surface area contributed by atoms with E-state index >= 15 is 0 Å². The number of benzene rings is 2. The summed E-state index contributed by atoms with van der Waals surface area (Å²) in [4.78, 5) is 12.1. The number of hydrogen-bond acceptors (Lipinski definition) is 2. The maximum atomic E-state index is 12.1. The van der Waals surface area contributed by atoms with Crippen molar-refractivity contribution in [2.24, 2.45) is 0 Å². The molecule has 3 nitrogen and oxygen atoms in total. The van der Waals surface area contributed by atoms with E-state index in [4.69, 9.17) is 17.3 Å². The zero-order valence-corrected chi connectivity index (χ0v) is 12.5. The van der Waals surface area contributed by atoms with Gasteiger partial charge in [-0.1, -0.05) is 11.6 Å². The van der Waals surface area contributed by atoms with Gasteiger partial charge in [-0.25, -0.2) is 0 Å². The van der Waals surface area contributed by atoms with Crippen molar-refractivity contribution in [1.82, 2.24) is 0 Å². The topological polar surface area (TPSA) is 55.1 Å². The number of anilines is 2. The highest BCUT2D eigenvalue weighted by Gasteiger charge is 2.09. The number of carbonyl (C=O) groups is 1. The van der Waals surface area contributed by atoms with Crippen molar-refractivity contribution in [3.8, 4) is 0 Å². The number of carbonyl (C=O) groups excluding carboxylic acids is 1. The largest absolute Gasteiger partial charge is 0.399 e. The first kappa shape index (κ1) is 13.9. The summed E-state index contributed by atoms with van der Waals surface area (Å²) in [6, 6.07) is 10.4. The first-order chi connectivity index (χ1) is 8.95. The van der Waals surface area contributed by atoms with Crippen LogP contribution < -0.4 is 11.1 Å². The van der Waals surface area contributed by atoms with E-state index in [0.29, 0.717) is 22.0 Å². The first-order valence-corrected chi connectivity index (χ1v) is 6.76. The van der Waals surface area contributed by atoms with Gasteiger partial charge in [0.15, 0.2) is 0 Å². The number of nitrogens with one attached hydrogen (secondary N) is 1. The minimum Gasteiger partial charge on any atom is -0.399 e. The summed E-state index contributed by atoms with van der Waals surface area (Å²) in [5.74, 6) is -0.210. The fourth-order valence-electron chi connectivity index (χ4n) is 1.73. The molecule has 2 aromatic rings. The quantitative estimate of drug-likeness (QED) is 0.804. The van der Waals surface area contributed by atoms with Gasteiger partial charge in [-0.15, -0.1) is 0 Å². The predicted molar refractivity (Wildman–Crippen MR) is 82.7 cm³/mol. The van der Waals surface area contributed by atoms with Crippen molar-refractivity contribution in [3.05, 3.63) is 57.0 Å². The molecule has 2 aromatic carbocycles. The van der Waals surface area contributed by atoms with Crippen LogP contribution in [0.2, 0.25) is 5.02 Å². The van der Waals surface area contributed by atoms with Gasteiger partial charge < -0.3 is 11.1 Å². The lowest BCUT2D eigenvalue weighted by molar-refractivity contribution is 0.102. The maximum absolute atomic E-state index is 12.1. The predicted octanol–water partition coefficient (Wildman–Crippen LogP) is 4.25. The Labute approximate surface area is 124 Å². The second-order valence-electron chi connectivity index (χ2n) is 4.21. The third kappa shape index (κ3) is 3.49. The van der Waals surface area contributed by atoms with Crippen LogP contribution in [0, 0.1) is 6.92 Å². The van der Waals surface area contributed by atoms with Crippen LogP contribution in [-0.4, -0.2) is 5.91 Å². The molecule has 0 spiro atoms. The number of rotatable bonds is 2. The van der Waals surface area contributed by atoms with E-state index in [-0.39, 0.29) is 5.91 Å². The lowest BCUT2D eigenvalue weighted by Crippen LogP contribution is -2.12. The molecule has 1 amide bonds. The molecule has 3 N–H and O–H groups in total. The molecule has 19 heavy (non-hydrogen) atoms. The van der Waals surface area contributed by atoms with E-state index in [1.54, 1.807) is 30.3 Å². The van der Waals surface area contributed by atoms with Crippen LogP contribution >= 0.6 is 27.5 Å². The Morgan fingerprint density at radius 1 is 1.26 bits per heavy atom. The van der Waals surface area contributed by atoms with Gasteiger partial charge in [0.2, 0.25) is 0 Å². The molecule has 0 saturated heterocycles. The maximum Gasteiger partial charge on any atom is 0.255 e. The van der Waals surface area contributed by atoms with Crippen molar-refractivity contribution < 1.29 is 4.79 Å². The van der Waals surface area contributed by atoms with Gasteiger partial charge in [0.25, 0.3) is 5.91 Å². The number of nitrogen functional groups attached to an aromatic ring is 1. The van der Waals surface area contributed by atoms with Crippen molar-refractivity contribution >= 4 is 44.8 Å². The summed E-state index contributed by atoms with van der Waals surface area (Å²) >= 11 is 9.21. The fraction of sp³-hybridized carbons (Fsp3) is 0.0714. The molecule has 0 unspecified atom stereocenters. The minimum absolute atomic E-state index is 0.210. The number of halogens is 2. The van der Waals surface area contributed by atoms with Gasteiger partial charge in [-0.3, -0.25) is 4.79 Å². The normalized spacial score (nSPS) is 10.3. The monoisotopic (exact) mass is 338 g/mol. The van der Waals surface area contributed by atoms with E-state index in [1.807, 2.05) is 13.0 Å². The van der Waals surface area contributed by atoms with Crippen molar-refractivity contribution in [2.45, 2.75) is 6.92 Å². The van der Waals surface area contributed by atoms with Crippen molar-refractivity contribution in [2.75, 3.05) is 11.1 Å². The fourth-order valence-corrected chi connectivity index (χ4v) is 2.51. The second-order valence-corrected chi connectivity index (χ2v) is 5.50. The lowest BCUT2D eigenvalue weighted by atomic mass is 10.1. The number of aryl methyl sites for hydroxylation is 1. The molecular weight excluding hydrogens is 328 g/mol. The lowest BCUT2D eigenvalue weighted by Gasteiger charge is -2.09. The van der Waals surface area contributed by atoms with Crippen LogP contribution in [0.5, 0.6) is 0 Å². The molecule has 0 aliphatic carbocycles. The van der Waals surface area contributed by atoms with Crippen molar-refractivity contribution in [3.63, 3.8) is 0 Å². The van der Waals surface area contributed by atoms with E-state index in [2.05, 4.69) is 21.2 Å². The van der Waals surface area contributed by atoms with Crippen LogP contribution in [0.3, 0.4) is 0 Å². The van der Waals surface area contributed by atoms with Crippen LogP contribution in [0.1, 0.15) is 15.9 Å². The molecular formula is C14H12BrClN2O. The minimum atomic E-state index is -0.210. The van der Waals surface area contributed by atoms with Gasteiger partial charge in [-0.2, -0.15) is 0 Å². The van der Waals surface area contributed by atoms with Gasteiger partial charge in [0.05, 0.1) is 5.69 Å². The molecule has 2 rings (SSSR count). The average molecular weight is 340 g/mol. The second kappa shape index (κ2) is 5.63. The Bertz CT molecular complexity index is 623. The zero-order chi connectivity index (χ0) is 14.0. The SMILES string of the molecule is Cc1cc(N)cc(C(=O)Nc2ccc(Cl)cc2Br)c1. The third-order valence-corrected chi connectivity index (χ3v) is 3.43. The van der Waals surface area contributed by atoms with Crippen LogP contribution in [0.15, 0.2) is 40.9 Å². The first-order valence-electron chi connectivity index (χ1n) is 5.59. The van der Waals surface area contributed by atoms with Crippen LogP contribution in [-0.2, 0) is 0 Å². The average Bonchev–Trinajstić information content (AvgIpc) is 2.31. The Morgan fingerprint density at radius 3 is 2.63 bits per heavy atom. The Hall–Kier alpha value is -1.52. The van der Waals surface area contributed by atoms with Gasteiger partial charge in [-0.05, 0) is 64.8 Å². The highest BCUT2D eigenvalue weighted by Crippen LogP contribution is 2.26. The Kier molecular flexibility index (Phi) is 4.12.